The van der Waals surface area contributed by atoms with Gasteiger partial charge in [0.1, 0.15) is 5.54 Å². The normalized spacial score (nSPS) is 18.9. The summed E-state index contributed by atoms with van der Waals surface area (Å²) < 4.78 is 0. The van der Waals surface area contributed by atoms with Gasteiger partial charge in [-0.15, -0.1) is 0 Å². The van der Waals surface area contributed by atoms with Gasteiger partial charge >= 0.3 is 0 Å². The lowest BCUT2D eigenvalue weighted by Crippen LogP contribution is -2.55. The standard InChI is InChI=1S/C15H21N3O2/c1-15(2,14(20)18-9-8-12(16)10-18)17-13(19)11-6-4-3-5-7-11/h3-7,12H,8-10,16H2,1-2H3,(H,17,19)/t12-/m0/s1. The number of amides is 2. The van der Waals surface area contributed by atoms with Gasteiger partial charge in [-0.25, -0.2) is 0 Å². The lowest BCUT2D eigenvalue weighted by molar-refractivity contribution is -0.135. The second-order valence-corrected chi connectivity index (χ2v) is 5.75. The number of nitrogens with zero attached hydrogens (tertiary/aromatic N) is 1. The highest BCUT2D eigenvalue weighted by Gasteiger charge is 2.36. The van der Waals surface area contributed by atoms with E-state index in [-0.39, 0.29) is 17.9 Å². The number of nitrogens with one attached hydrogen (secondary N) is 1. The van der Waals surface area contributed by atoms with E-state index in [0.29, 0.717) is 18.7 Å². The van der Waals surface area contributed by atoms with E-state index in [2.05, 4.69) is 5.32 Å². The molecule has 0 bridgehead atoms. The van der Waals surface area contributed by atoms with Crippen LogP contribution in [0.25, 0.3) is 0 Å². The largest absolute Gasteiger partial charge is 0.339 e. The van der Waals surface area contributed by atoms with E-state index < -0.39 is 5.54 Å². The van der Waals surface area contributed by atoms with Crippen molar-refractivity contribution >= 4 is 11.8 Å². The van der Waals surface area contributed by atoms with Gasteiger partial charge in [0, 0.05) is 24.7 Å². The SMILES string of the molecule is CC(C)(NC(=O)c1ccccc1)C(=O)N1CC[C@H](N)C1. The molecule has 1 aliphatic rings. The van der Waals surface area contributed by atoms with Crippen LogP contribution in [0.5, 0.6) is 0 Å². The predicted molar refractivity (Wildman–Crippen MR) is 77.2 cm³/mol. The molecule has 0 unspecified atom stereocenters. The Labute approximate surface area is 119 Å². The van der Waals surface area contributed by atoms with Gasteiger partial charge in [-0.05, 0) is 32.4 Å². The van der Waals surface area contributed by atoms with Crippen LogP contribution >= 0.6 is 0 Å². The highest BCUT2D eigenvalue weighted by atomic mass is 16.2. The van der Waals surface area contributed by atoms with Crippen molar-refractivity contribution in [2.45, 2.75) is 31.8 Å². The van der Waals surface area contributed by atoms with Crippen LogP contribution in [0, 0.1) is 0 Å². The van der Waals surface area contributed by atoms with Crippen molar-refractivity contribution in [3.63, 3.8) is 0 Å². The Morgan fingerprint density at radius 3 is 2.50 bits per heavy atom. The third-order valence-corrected chi connectivity index (χ3v) is 3.51. The molecule has 1 heterocycles. The minimum absolute atomic E-state index is 0.0413. The van der Waals surface area contributed by atoms with E-state index in [1.54, 1.807) is 43.0 Å². The Hall–Kier alpha value is -1.88. The number of likely N-dealkylation sites (tertiary alicyclic amines) is 1. The Bertz CT molecular complexity index is 499. The molecule has 1 aromatic carbocycles. The molecule has 5 nitrogen and oxygen atoms in total. The smallest absolute Gasteiger partial charge is 0.252 e. The van der Waals surface area contributed by atoms with Crippen molar-refractivity contribution in [1.82, 2.24) is 10.2 Å². The van der Waals surface area contributed by atoms with E-state index in [0.717, 1.165) is 6.42 Å². The van der Waals surface area contributed by atoms with Gasteiger partial charge in [0.2, 0.25) is 5.91 Å². The molecule has 1 saturated heterocycles. The maximum absolute atomic E-state index is 12.4. The van der Waals surface area contributed by atoms with Crippen LogP contribution in [0.15, 0.2) is 30.3 Å². The monoisotopic (exact) mass is 275 g/mol. The van der Waals surface area contributed by atoms with E-state index in [9.17, 15) is 9.59 Å². The van der Waals surface area contributed by atoms with Gasteiger partial charge in [0.25, 0.3) is 5.91 Å². The maximum atomic E-state index is 12.4. The summed E-state index contributed by atoms with van der Waals surface area (Å²) >= 11 is 0. The Morgan fingerprint density at radius 2 is 1.95 bits per heavy atom. The zero-order valence-electron chi connectivity index (χ0n) is 11.9. The van der Waals surface area contributed by atoms with E-state index in [1.165, 1.54) is 0 Å². The molecule has 2 amide bonds. The number of benzene rings is 1. The molecule has 5 heteroatoms. The molecule has 3 N–H and O–H groups in total. The first-order valence-corrected chi connectivity index (χ1v) is 6.82. The van der Waals surface area contributed by atoms with Crippen molar-refractivity contribution in [3.8, 4) is 0 Å². The Morgan fingerprint density at radius 1 is 1.30 bits per heavy atom. The van der Waals surface area contributed by atoms with Crippen LogP contribution in [0.3, 0.4) is 0 Å². The fourth-order valence-corrected chi connectivity index (χ4v) is 2.37. The van der Waals surface area contributed by atoms with Crippen LogP contribution in [0.2, 0.25) is 0 Å². The van der Waals surface area contributed by atoms with Crippen LogP contribution in [-0.4, -0.2) is 41.4 Å². The first kappa shape index (κ1) is 14.5. The second kappa shape index (κ2) is 5.63. The molecular weight excluding hydrogens is 254 g/mol. The topological polar surface area (TPSA) is 75.4 Å². The average molecular weight is 275 g/mol. The fourth-order valence-electron chi connectivity index (χ4n) is 2.37. The van der Waals surface area contributed by atoms with Crippen molar-refractivity contribution in [3.05, 3.63) is 35.9 Å². The second-order valence-electron chi connectivity index (χ2n) is 5.75. The quantitative estimate of drug-likeness (QED) is 0.855. The molecular formula is C15H21N3O2. The lowest BCUT2D eigenvalue weighted by atomic mass is 10.0. The summed E-state index contributed by atoms with van der Waals surface area (Å²) in [5.41, 5.74) is 5.43. The summed E-state index contributed by atoms with van der Waals surface area (Å²) in [7, 11) is 0. The molecule has 0 aliphatic carbocycles. The number of carbonyl (C=O) groups is 2. The minimum Gasteiger partial charge on any atom is -0.339 e. The lowest BCUT2D eigenvalue weighted by Gasteiger charge is -2.30. The molecule has 1 aromatic rings. The molecule has 0 aromatic heterocycles. The molecule has 0 saturated carbocycles. The van der Waals surface area contributed by atoms with Crippen molar-refractivity contribution < 1.29 is 9.59 Å². The first-order valence-electron chi connectivity index (χ1n) is 6.82. The summed E-state index contributed by atoms with van der Waals surface area (Å²) in [5, 5.41) is 2.79. The van der Waals surface area contributed by atoms with Gasteiger partial charge < -0.3 is 16.0 Å². The molecule has 2 rings (SSSR count). The Balaban J connectivity index is 2.03. The highest BCUT2D eigenvalue weighted by molar-refractivity contribution is 5.98. The number of hydrogen-bond donors (Lipinski definition) is 2. The summed E-state index contributed by atoms with van der Waals surface area (Å²) in [6, 6.07) is 8.92. The van der Waals surface area contributed by atoms with E-state index in [4.69, 9.17) is 5.73 Å². The average Bonchev–Trinajstić information content (AvgIpc) is 2.85. The highest BCUT2D eigenvalue weighted by Crippen LogP contribution is 2.15. The first-order chi connectivity index (χ1) is 9.40. The molecule has 1 fully saturated rings. The van der Waals surface area contributed by atoms with Crippen molar-refractivity contribution in [2.75, 3.05) is 13.1 Å². The Kier molecular flexibility index (Phi) is 4.09. The van der Waals surface area contributed by atoms with Crippen LogP contribution < -0.4 is 11.1 Å². The zero-order chi connectivity index (χ0) is 14.8. The van der Waals surface area contributed by atoms with Crippen LogP contribution in [0.4, 0.5) is 0 Å². The number of rotatable bonds is 3. The zero-order valence-corrected chi connectivity index (χ0v) is 11.9. The van der Waals surface area contributed by atoms with Crippen LogP contribution in [-0.2, 0) is 4.79 Å². The maximum Gasteiger partial charge on any atom is 0.252 e. The summed E-state index contributed by atoms with van der Waals surface area (Å²) in [5.74, 6) is -0.331. The van der Waals surface area contributed by atoms with Crippen molar-refractivity contribution in [2.24, 2.45) is 5.73 Å². The third kappa shape index (κ3) is 3.17. The van der Waals surface area contributed by atoms with Crippen molar-refractivity contribution in [1.29, 1.82) is 0 Å². The number of hydrogen-bond acceptors (Lipinski definition) is 3. The summed E-state index contributed by atoms with van der Waals surface area (Å²) in [6.45, 7) is 4.66. The predicted octanol–water partition coefficient (Wildman–Crippen LogP) is 0.755. The van der Waals surface area contributed by atoms with Crippen LogP contribution in [0.1, 0.15) is 30.6 Å². The molecule has 1 aliphatic heterocycles. The van der Waals surface area contributed by atoms with Gasteiger partial charge in [0.05, 0.1) is 0 Å². The summed E-state index contributed by atoms with van der Waals surface area (Å²) in [6.07, 6.45) is 0.814. The van der Waals surface area contributed by atoms with E-state index >= 15 is 0 Å². The fraction of sp³-hybridized carbons (Fsp3) is 0.467. The minimum atomic E-state index is -0.934. The molecule has 108 valence electrons. The summed E-state index contributed by atoms with van der Waals surface area (Å²) in [4.78, 5) is 26.3. The van der Waals surface area contributed by atoms with Gasteiger partial charge in [0.15, 0.2) is 0 Å². The molecule has 0 spiro atoms. The van der Waals surface area contributed by atoms with Gasteiger partial charge in [-0.1, -0.05) is 18.2 Å². The number of carbonyl (C=O) groups excluding carboxylic acids is 2. The van der Waals surface area contributed by atoms with Gasteiger partial charge in [-0.2, -0.15) is 0 Å². The third-order valence-electron chi connectivity index (χ3n) is 3.51. The molecule has 0 radical (unpaired) electrons. The number of nitrogens with two attached hydrogens (primary N) is 1. The molecule has 1 atom stereocenters. The molecule has 20 heavy (non-hydrogen) atoms. The van der Waals surface area contributed by atoms with E-state index in [1.807, 2.05) is 6.07 Å². The van der Waals surface area contributed by atoms with Gasteiger partial charge in [-0.3, -0.25) is 9.59 Å².